The molecule has 592 valence electrons. The number of carbonyl (C=O) groups excluding carboxylic acids is 5. The molecule has 8 aromatic carbocycles. The van der Waals surface area contributed by atoms with Crippen molar-refractivity contribution in [2.75, 3.05) is 116 Å². The van der Waals surface area contributed by atoms with Crippen LogP contribution in [0.25, 0.3) is 0 Å². The van der Waals surface area contributed by atoms with E-state index in [0.717, 1.165) is 61.2 Å². The summed E-state index contributed by atoms with van der Waals surface area (Å²) in [6.07, 6.45) is 5.99. The molecule has 19 nitrogen and oxygen atoms in total. The number of ketones is 2. The predicted molar refractivity (Wildman–Crippen MR) is 414 cm³/mol. The number of para-hydroxylation sites is 4. The highest BCUT2D eigenvalue weighted by Gasteiger charge is 2.35. The number of aliphatic hydroxyl groups excluding tert-OH is 2. The van der Waals surface area contributed by atoms with Gasteiger partial charge in [-0.2, -0.15) is 0 Å². The lowest BCUT2D eigenvalue weighted by atomic mass is 9.86. The third kappa shape index (κ3) is 23.1. The number of likely N-dealkylation sites (tertiary alicyclic amines) is 4. The Morgan fingerprint density at radius 2 is 0.613 bits per heavy atom. The lowest BCUT2D eigenvalue weighted by Crippen LogP contribution is -2.41. The van der Waals surface area contributed by atoms with Crippen LogP contribution in [0.15, 0.2) is 170 Å². The first-order valence-electron chi connectivity index (χ1n) is 37.5. The van der Waals surface area contributed by atoms with Crippen LogP contribution in [0.3, 0.4) is 0 Å². The minimum atomic E-state index is -0.681. The summed E-state index contributed by atoms with van der Waals surface area (Å²) in [5, 5.41) is 21.8. The van der Waals surface area contributed by atoms with Gasteiger partial charge >= 0.3 is 0 Å². The molecule has 2 unspecified atom stereocenters. The predicted octanol–water partition coefficient (Wildman–Crippen LogP) is 14.2. The summed E-state index contributed by atoms with van der Waals surface area (Å²) < 4.78 is 94.9. The van der Waals surface area contributed by atoms with Crippen LogP contribution in [0, 0.1) is 46.9 Å². The average molecular weight is 1530 g/mol. The summed E-state index contributed by atoms with van der Waals surface area (Å²) in [5.74, 6) is 3.34. The summed E-state index contributed by atoms with van der Waals surface area (Å²) in [7, 11) is 12.5. The number of piperidine rings is 4. The van der Waals surface area contributed by atoms with Gasteiger partial charge in [0.1, 0.15) is 23.3 Å². The van der Waals surface area contributed by atoms with Crippen LogP contribution in [0.2, 0.25) is 0 Å². The standard InChI is InChI=1S/2C22H26FNO4.C22H24FNO4.C22H26FNO3/c3*1-27-19-5-3-4-18(22(19)28-2)21(26)16-10-12-24(13-11-16)20(25)14-15-6-8-17(23)9-7-15;1-26-20-5-3-4-19(22(20)27-2)21(25)17-11-14-24(15-12-17)13-10-16-6-8-18(23)9-7-16/h2*3-9,16,21,26H,10-14H2,1-2H3;3-9,16H,10-14H2,1-2H3;3-9,17H,10-15H2,1-2H3. The third-order valence-electron chi connectivity index (χ3n) is 21.1. The van der Waals surface area contributed by atoms with Gasteiger partial charge in [-0.15, -0.1) is 0 Å². The minimum absolute atomic E-state index is 0.00327. The molecule has 4 aliphatic heterocycles. The van der Waals surface area contributed by atoms with E-state index in [2.05, 4.69) is 4.90 Å². The number of rotatable bonds is 25. The molecule has 0 spiro atoms. The maximum atomic E-state index is 13.0. The van der Waals surface area contributed by atoms with E-state index >= 15 is 0 Å². The van der Waals surface area contributed by atoms with Crippen LogP contribution in [-0.2, 0) is 40.1 Å². The lowest BCUT2D eigenvalue weighted by molar-refractivity contribution is -0.133. The van der Waals surface area contributed by atoms with Gasteiger partial charge in [-0.05, 0) is 190 Å². The first-order chi connectivity index (χ1) is 53.7. The van der Waals surface area contributed by atoms with E-state index < -0.39 is 12.2 Å². The smallest absolute Gasteiger partial charge is 0.226 e. The maximum absolute atomic E-state index is 13.0. The highest BCUT2D eigenvalue weighted by Crippen LogP contribution is 2.43. The molecule has 0 saturated carbocycles. The first kappa shape index (κ1) is 84.5. The zero-order valence-corrected chi connectivity index (χ0v) is 64.5. The molecule has 2 atom stereocenters. The van der Waals surface area contributed by atoms with E-state index in [1.807, 2.05) is 58.3 Å². The van der Waals surface area contributed by atoms with E-state index in [0.29, 0.717) is 146 Å². The molecular formula is C88H102F4N4O15. The normalized spacial score (nSPS) is 15.5. The number of ether oxygens (including phenoxy) is 8. The van der Waals surface area contributed by atoms with Gasteiger partial charge in [0.2, 0.25) is 17.7 Å². The van der Waals surface area contributed by atoms with E-state index in [9.17, 15) is 51.7 Å². The Labute approximate surface area is 647 Å². The van der Waals surface area contributed by atoms with Crippen LogP contribution >= 0.6 is 0 Å². The van der Waals surface area contributed by atoms with Gasteiger partial charge in [-0.25, -0.2) is 17.6 Å². The lowest BCUT2D eigenvalue weighted by Gasteiger charge is -2.35. The Balaban J connectivity index is 0.000000170. The molecule has 0 radical (unpaired) electrons. The van der Waals surface area contributed by atoms with Crippen molar-refractivity contribution < 1.29 is 89.6 Å². The van der Waals surface area contributed by atoms with Gasteiger partial charge in [0.05, 0.1) is 99.5 Å². The number of carbonyl (C=O) groups is 5. The molecule has 2 N–H and O–H groups in total. The highest BCUT2D eigenvalue weighted by atomic mass is 19.1. The van der Waals surface area contributed by atoms with Crippen molar-refractivity contribution >= 4 is 29.3 Å². The number of hydrogen-bond donors (Lipinski definition) is 2. The molecule has 4 heterocycles. The van der Waals surface area contributed by atoms with Crippen LogP contribution in [0.4, 0.5) is 17.6 Å². The molecule has 4 aliphatic rings. The number of Topliss-reactive ketones (excluding diaryl/α,β-unsaturated/α-hetero) is 2. The highest BCUT2D eigenvalue weighted by molar-refractivity contribution is 6.02. The van der Waals surface area contributed by atoms with Gasteiger partial charge < -0.3 is 67.7 Å². The average Bonchev–Trinajstić information content (AvgIpc) is 0.823. The van der Waals surface area contributed by atoms with E-state index in [1.54, 1.807) is 120 Å². The molecule has 3 amide bonds. The Kier molecular flexibility index (Phi) is 32.0. The zero-order chi connectivity index (χ0) is 79.5. The third-order valence-corrected chi connectivity index (χ3v) is 21.1. The molecule has 0 aliphatic carbocycles. The van der Waals surface area contributed by atoms with E-state index in [4.69, 9.17) is 37.9 Å². The van der Waals surface area contributed by atoms with Crippen LogP contribution in [-0.4, -0.2) is 175 Å². The fourth-order valence-electron chi connectivity index (χ4n) is 14.7. The minimum Gasteiger partial charge on any atom is -0.493 e. The number of halogens is 4. The topological polar surface area (TPSA) is 213 Å². The Bertz CT molecular complexity index is 4170. The molecule has 4 fully saturated rings. The molecule has 4 saturated heterocycles. The van der Waals surface area contributed by atoms with Crippen molar-refractivity contribution in [1.29, 1.82) is 0 Å². The van der Waals surface area contributed by atoms with Crippen LogP contribution < -0.4 is 37.9 Å². The van der Waals surface area contributed by atoms with Crippen molar-refractivity contribution in [2.45, 2.75) is 89.3 Å². The summed E-state index contributed by atoms with van der Waals surface area (Å²) >= 11 is 0. The number of methoxy groups -OCH3 is 8. The van der Waals surface area contributed by atoms with Gasteiger partial charge in [-0.1, -0.05) is 84.9 Å². The van der Waals surface area contributed by atoms with Gasteiger partial charge in [-0.3, -0.25) is 24.0 Å². The quantitative estimate of drug-likeness (QED) is 0.0402. The molecule has 23 heteroatoms. The van der Waals surface area contributed by atoms with Crippen molar-refractivity contribution in [3.8, 4) is 46.0 Å². The second kappa shape index (κ2) is 42.1. The fraction of sp³-hybridized carbons (Fsp3) is 0.398. The fourth-order valence-corrected chi connectivity index (χ4v) is 14.7. The SMILES string of the molecule is COc1cccc(C(=O)C2CCN(C(=O)Cc3ccc(F)cc3)CC2)c1OC.COc1cccc(C(=O)C2CCN(CCc3ccc(F)cc3)CC2)c1OC.COc1cccc(C(O)C2CCN(C(=O)Cc3ccc(F)cc3)CC2)c1OC.COc1cccc(C(O)C2CCN(C(=O)Cc3ccc(F)cc3)CC2)c1OC. The largest absolute Gasteiger partial charge is 0.493 e. The number of nitrogens with zero attached hydrogens (tertiary/aromatic N) is 4. The Hall–Kier alpha value is -10.5. The van der Waals surface area contributed by atoms with Gasteiger partial charge in [0.25, 0.3) is 0 Å². The van der Waals surface area contributed by atoms with Gasteiger partial charge in [0, 0.05) is 68.8 Å². The molecule has 12 rings (SSSR count). The Morgan fingerprint density at radius 1 is 0.342 bits per heavy atom. The number of benzene rings is 8. The molecule has 0 aromatic heterocycles. The zero-order valence-electron chi connectivity index (χ0n) is 64.5. The summed E-state index contributed by atoms with van der Waals surface area (Å²) in [5.41, 5.74) is 6.04. The summed E-state index contributed by atoms with van der Waals surface area (Å²) in [4.78, 5) is 71.2. The molecule has 8 aromatic rings. The summed E-state index contributed by atoms with van der Waals surface area (Å²) in [6.45, 7) is 6.14. The van der Waals surface area contributed by atoms with Crippen molar-refractivity contribution in [1.82, 2.24) is 19.6 Å². The first-order valence-corrected chi connectivity index (χ1v) is 37.5. The number of hydrogen-bond acceptors (Lipinski definition) is 16. The van der Waals surface area contributed by atoms with Crippen molar-refractivity contribution in [3.05, 3.63) is 238 Å². The molecule has 111 heavy (non-hydrogen) atoms. The van der Waals surface area contributed by atoms with E-state index in [-0.39, 0.29) is 95.5 Å². The Morgan fingerprint density at radius 3 is 0.910 bits per heavy atom. The maximum Gasteiger partial charge on any atom is 0.226 e. The monoisotopic (exact) mass is 1530 g/mol. The van der Waals surface area contributed by atoms with Crippen LogP contribution in [0.5, 0.6) is 46.0 Å². The second-order valence-corrected chi connectivity index (χ2v) is 27.9. The van der Waals surface area contributed by atoms with Gasteiger partial charge in [0.15, 0.2) is 57.6 Å². The van der Waals surface area contributed by atoms with E-state index in [1.165, 1.54) is 62.8 Å². The van der Waals surface area contributed by atoms with Crippen molar-refractivity contribution in [3.63, 3.8) is 0 Å². The number of amides is 3. The molecular weight excluding hydrogens is 1430 g/mol. The number of aliphatic hydroxyl groups is 2. The van der Waals surface area contributed by atoms with Crippen molar-refractivity contribution in [2.24, 2.45) is 23.7 Å². The molecule has 0 bridgehead atoms. The summed E-state index contributed by atoms with van der Waals surface area (Å²) in [6, 6.07) is 46.3. The second-order valence-electron chi connectivity index (χ2n) is 27.9. The van der Waals surface area contributed by atoms with Crippen LogP contribution in [0.1, 0.15) is 118 Å².